The number of nitrogens with one attached hydrogen (secondary N) is 1. The second-order valence-corrected chi connectivity index (χ2v) is 7.22. The topological polar surface area (TPSA) is 69.6 Å². The van der Waals surface area contributed by atoms with Crippen LogP contribution in [-0.2, 0) is 0 Å². The van der Waals surface area contributed by atoms with Crippen LogP contribution in [0.5, 0.6) is 5.75 Å². The van der Waals surface area contributed by atoms with Gasteiger partial charge in [-0.05, 0) is 49.2 Å². The molecule has 0 unspecified atom stereocenters. The molecule has 1 saturated heterocycles. The van der Waals surface area contributed by atoms with Crippen molar-refractivity contribution in [3.8, 4) is 5.75 Å². The van der Waals surface area contributed by atoms with Crippen molar-refractivity contribution >= 4 is 23.6 Å². The van der Waals surface area contributed by atoms with E-state index in [1.807, 2.05) is 12.1 Å². The monoisotopic (exact) mass is 354 g/mol. The molecular weight excluding hydrogens is 335 g/mol. The lowest BCUT2D eigenvalue weighted by Gasteiger charge is -2.57. The van der Waals surface area contributed by atoms with Crippen LogP contribution in [0.15, 0.2) is 36.4 Å². The number of phenols is 1. The second-order valence-electron chi connectivity index (χ2n) is 7.22. The molecule has 2 aromatic carbocycles. The molecule has 2 aromatic rings. The molecule has 6 heteroatoms. The number of phenolic OH excluding ortho intramolecular Hbond substituents is 1. The Balaban J connectivity index is 1.43. The van der Waals surface area contributed by atoms with Crippen LogP contribution in [0.1, 0.15) is 40.0 Å². The maximum absolute atomic E-state index is 13.6. The number of aromatic hydroxyl groups is 1. The lowest BCUT2D eigenvalue weighted by Crippen LogP contribution is -2.59. The number of nitrogens with zero attached hydrogens (tertiary/aromatic N) is 1. The second kappa shape index (κ2) is 6.12. The summed E-state index contributed by atoms with van der Waals surface area (Å²) in [4.78, 5) is 25.5. The molecule has 1 heterocycles. The zero-order valence-corrected chi connectivity index (χ0v) is 14.2. The van der Waals surface area contributed by atoms with Gasteiger partial charge in [0.2, 0.25) is 0 Å². The molecule has 4 rings (SSSR count). The predicted molar refractivity (Wildman–Crippen MR) is 96.3 cm³/mol. The highest BCUT2D eigenvalue weighted by atomic mass is 19.1. The highest BCUT2D eigenvalue weighted by molar-refractivity contribution is 6.05. The number of hydrogen-bond acceptors (Lipinski definition) is 4. The largest absolute Gasteiger partial charge is 0.504 e. The first kappa shape index (κ1) is 16.6. The fraction of sp³-hybridized carbons (Fsp3) is 0.300. The van der Waals surface area contributed by atoms with Crippen molar-refractivity contribution in [3.05, 3.63) is 53.3 Å². The summed E-state index contributed by atoms with van der Waals surface area (Å²) < 4.78 is 13.6. The van der Waals surface area contributed by atoms with Gasteiger partial charge in [0.05, 0.1) is 5.56 Å². The number of benzene rings is 2. The Bertz CT molecular complexity index is 867. The number of halogens is 1. The fourth-order valence-electron chi connectivity index (χ4n) is 3.74. The number of hydrogen-bond donors (Lipinski definition) is 2. The SMILES string of the molecule is O=Cc1cc(C(=O)Nc2ccc(N3CC4(CCC4)C3)cc2)cc(F)c1O. The Hall–Kier alpha value is -2.89. The molecule has 2 aliphatic rings. The van der Waals surface area contributed by atoms with Gasteiger partial charge >= 0.3 is 0 Å². The van der Waals surface area contributed by atoms with E-state index >= 15 is 0 Å². The molecule has 1 aliphatic carbocycles. The molecule has 2 fully saturated rings. The molecular formula is C20H19FN2O3. The molecule has 1 spiro atoms. The van der Waals surface area contributed by atoms with Crippen LogP contribution in [0.25, 0.3) is 0 Å². The molecule has 0 aromatic heterocycles. The summed E-state index contributed by atoms with van der Waals surface area (Å²) in [6.07, 6.45) is 4.29. The van der Waals surface area contributed by atoms with Gasteiger partial charge in [-0.15, -0.1) is 0 Å². The highest BCUT2D eigenvalue weighted by Crippen LogP contribution is 2.49. The normalized spacial score (nSPS) is 17.3. The van der Waals surface area contributed by atoms with E-state index in [0.29, 0.717) is 17.4 Å². The Kier molecular flexibility index (Phi) is 3.90. The van der Waals surface area contributed by atoms with Crippen molar-refractivity contribution in [2.45, 2.75) is 19.3 Å². The molecule has 2 N–H and O–H groups in total. The Morgan fingerprint density at radius 2 is 1.88 bits per heavy atom. The lowest BCUT2D eigenvalue weighted by atomic mass is 9.63. The third-order valence-electron chi connectivity index (χ3n) is 5.44. The Morgan fingerprint density at radius 1 is 1.19 bits per heavy atom. The highest BCUT2D eigenvalue weighted by Gasteiger charge is 2.47. The summed E-state index contributed by atoms with van der Waals surface area (Å²) in [5.74, 6) is -2.30. The molecule has 1 amide bonds. The van der Waals surface area contributed by atoms with Gasteiger partial charge in [0.1, 0.15) is 0 Å². The Morgan fingerprint density at radius 3 is 2.46 bits per heavy atom. The van der Waals surface area contributed by atoms with Gasteiger partial charge in [0.15, 0.2) is 17.9 Å². The average molecular weight is 354 g/mol. The molecule has 0 bridgehead atoms. The minimum absolute atomic E-state index is 0.0267. The van der Waals surface area contributed by atoms with Gasteiger partial charge in [-0.25, -0.2) is 4.39 Å². The van der Waals surface area contributed by atoms with E-state index < -0.39 is 17.5 Å². The van der Waals surface area contributed by atoms with E-state index in [2.05, 4.69) is 10.2 Å². The Labute approximate surface area is 150 Å². The van der Waals surface area contributed by atoms with Gasteiger partial charge in [-0.3, -0.25) is 9.59 Å². The summed E-state index contributed by atoms with van der Waals surface area (Å²) in [5, 5.41) is 12.1. The maximum Gasteiger partial charge on any atom is 0.255 e. The van der Waals surface area contributed by atoms with E-state index in [-0.39, 0.29) is 11.1 Å². The van der Waals surface area contributed by atoms with Crippen LogP contribution >= 0.6 is 0 Å². The number of rotatable bonds is 4. The number of anilines is 2. The van der Waals surface area contributed by atoms with Crippen LogP contribution in [0.2, 0.25) is 0 Å². The quantitative estimate of drug-likeness (QED) is 0.824. The van der Waals surface area contributed by atoms with E-state index in [4.69, 9.17) is 0 Å². The lowest BCUT2D eigenvalue weighted by molar-refractivity contribution is 0.0904. The average Bonchev–Trinajstić information content (AvgIpc) is 2.56. The summed E-state index contributed by atoms with van der Waals surface area (Å²) in [6.45, 7) is 2.19. The van der Waals surface area contributed by atoms with Crippen molar-refractivity contribution in [3.63, 3.8) is 0 Å². The molecule has 1 saturated carbocycles. The van der Waals surface area contributed by atoms with Crippen LogP contribution in [0, 0.1) is 11.2 Å². The standard InChI is InChI=1S/C20H19FN2O3/c21-17-9-13(8-14(10-24)18(17)25)19(26)22-15-2-4-16(5-3-15)23-11-20(12-23)6-1-7-20/h2-5,8-10,25H,1,6-7,11-12H2,(H,22,26). The summed E-state index contributed by atoms with van der Waals surface area (Å²) in [5.41, 5.74) is 1.97. The predicted octanol–water partition coefficient (Wildman–Crippen LogP) is 3.59. The van der Waals surface area contributed by atoms with Crippen LogP contribution < -0.4 is 10.2 Å². The molecule has 134 valence electrons. The number of aldehydes is 1. The number of amides is 1. The first-order valence-corrected chi connectivity index (χ1v) is 8.64. The summed E-state index contributed by atoms with van der Waals surface area (Å²) in [6, 6.07) is 9.58. The van der Waals surface area contributed by atoms with Gasteiger partial charge in [-0.2, -0.15) is 0 Å². The van der Waals surface area contributed by atoms with Crippen LogP contribution in [-0.4, -0.2) is 30.4 Å². The molecule has 1 aliphatic heterocycles. The van der Waals surface area contributed by atoms with Crippen molar-refractivity contribution in [1.29, 1.82) is 0 Å². The van der Waals surface area contributed by atoms with E-state index in [0.717, 1.165) is 30.9 Å². The smallest absolute Gasteiger partial charge is 0.255 e. The van der Waals surface area contributed by atoms with Crippen molar-refractivity contribution in [2.24, 2.45) is 5.41 Å². The van der Waals surface area contributed by atoms with Gasteiger partial charge in [0, 0.05) is 35.4 Å². The number of carbonyl (C=O) groups excluding carboxylic acids is 2. The third kappa shape index (κ3) is 2.81. The van der Waals surface area contributed by atoms with Gasteiger partial charge < -0.3 is 15.3 Å². The summed E-state index contributed by atoms with van der Waals surface area (Å²) >= 11 is 0. The van der Waals surface area contributed by atoms with Crippen molar-refractivity contribution in [2.75, 3.05) is 23.3 Å². The molecule has 26 heavy (non-hydrogen) atoms. The molecule has 0 radical (unpaired) electrons. The first-order chi connectivity index (χ1) is 12.5. The van der Waals surface area contributed by atoms with E-state index in [9.17, 15) is 19.1 Å². The van der Waals surface area contributed by atoms with Crippen molar-refractivity contribution < 1.29 is 19.1 Å². The summed E-state index contributed by atoms with van der Waals surface area (Å²) in [7, 11) is 0. The van der Waals surface area contributed by atoms with Crippen LogP contribution in [0.3, 0.4) is 0 Å². The van der Waals surface area contributed by atoms with Gasteiger partial charge in [0.25, 0.3) is 5.91 Å². The van der Waals surface area contributed by atoms with Crippen LogP contribution in [0.4, 0.5) is 15.8 Å². The number of carbonyl (C=O) groups is 2. The van der Waals surface area contributed by atoms with Crippen molar-refractivity contribution in [1.82, 2.24) is 0 Å². The zero-order chi connectivity index (χ0) is 18.3. The minimum atomic E-state index is -1.00. The first-order valence-electron chi connectivity index (χ1n) is 8.64. The van der Waals surface area contributed by atoms with E-state index in [1.54, 1.807) is 12.1 Å². The zero-order valence-electron chi connectivity index (χ0n) is 14.2. The molecule has 0 atom stereocenters. The minimum Gasteiger partial charge on any atom is -0.504 e. The fourth-order valence-corrected chi connectivity index (χ4v) is 3.74. The molecule has 5 nitrogen and oxygen atoms in total. The van der Waals surface area contributed by atoms with Gasteiger partial charge in [-0.1, -0.05) is 6.42 Å². The third-order valence-corrected chi connectivity index (χ3v) is 5.44. The maximum atomic E-state index is 13.6. The van der Waals surface area contributed by atoms with E-state index in [1.165, 1.54) is 19.3 Å².